The maximum Gasteiger partial charge on any atom is 0.171 e. The van der Waals surface area contributed by atoms with Crippen LogP contribution in [0.3, 0.4) is 0 Å². The van der Waals surface area contributed by atoms with Crippen molar-refractivity contribution < 1.29 is 4.74 Å². The molecule has 1 N–H and O–H groups in total. The molecule has 3 rings (SSSR count). The number of rotatable bonds is 4. The van der Waals surface area contributed by atoms with E-state index in [0.717, 1.165) is 19.5 Å². The molecule has 2 heterocycles. The molecule has 20 heavy (non-hydrogen) atoms. The van der Waals surface area contributed by atoms with E-state index in [1.807, 2.05) is 30.3 Å². The minimum atomic E-state index is 0.00731. The van der Waals surface area contributed by atoms with Gasteiger partial charge in [0.1, 0.15) is 6.10 Å². The monoisotopic (exact) mass is 288 g/mol. The van der Waals surface area contributed by atoms with Gasteiger partial charge in [-0.25, -0.2) is 4.98 Å². The van der Waals surface area contributed by atoms with Crippen molar-refractivity contribution >= 4 is 11.6 Å². The topological polar surface area (TPSA) is 34.1 Å². The number of halogens is 1. The molecule has 2 aromatic rings. The molecule has 1 aromatic carbocycles. The Hall–Kier alpha value is -1.58. The van der Waals surface area contributed by atoms with Crippen molar-refractivity contribution in [3.05, 3.63) is 59.4 Å². The van der Waals surface area contributed by atoms with Gasteiger partial charge in [0.25, 0.3) is 0 Å². The Balaban J connectivity index is 1.88. The van der Waals surface area contributed by atoms with Gasteiger partial charge in [-0.1, -0.05) is 41.9 Å². The van der Waals surface area contributed by atoms with Gasteiger partial charge < -0.3 is 10.1 Å². The minimum Gasteiger partial charge on any atom is -0.482 e. The van der Waals surface area contributed by atoms with E-state index in [1.165, 1.54) is 5.56 Å². The number of hydrogen-bond donors (Lipinski definition) is 1. The van der Waals surface area contributed by atoms with E-state index < -0.39 is 0 Å². The van der Waals surface area contributed by atoms with Gasteiger partial charge in [-0.3, -0.25) is 0 Å². The quantitative estimate of drug-likeness (QED) is 0.875. The number of nitrogens with one attached hydrogen (secondary N) is 1. The zero-order chi connectivity index (χ0) is 13.8. The molecule has 4 heteroatoms. The van der Waals surface area contributed by atoms with Crippen molar-refractivity contribution in [2.45, 2.75) is 12.5 Å². The maximum atomic E-state index is 6.18. The number of nitrogens with zero attached hydrogens (tertiary/aromatic N) is 1. The van der Waals surface area contributed by atoms with Gasteiger partial charge in [-0.15, -0.1) is 0 Å². The van der Waals surface area contributed by atoms with Crippen molar-refractivity contribution in [3.8, 4) is 5.75 Å². The van der Waals surface area contributed by atoms with Gasteiger partial charge in [0.05, 0.1) is 0 Å². The van der Waals surface area contributed by atoms with Gasteiger partial charge in [0.15, 0.2) is 10.9 Å². The molecule has 3 nitrogen and oxygen atoms in total. The van der Waals surface area contributed by atoms with Gasteiger partial charge in [-0.2, -0.15) is 0 Å². The van der Waals surface area contributed by atoms with Crippen LogP contribution in [0, 0.1) is 5.92 Å². The molecule has 1 fully saturated rings. The van der Waals surface area contributed by atoms with Crippen molar-refractivity contribution in [1.82, 2.24) is 10.3 Å². The lowest BCUT2D eigenvalue weighted by molar-refractivity contribution is 0.144. The van der Waals surface area contributed by atoms with Crippen molar-refractivity contribution in [1.29, 1.82) is 0 Å². The third kappa shape index (κ3) is 2.94. The Labute approximate surface area is 123 Å². The van der Waals surface area contributed by atoms with Crippen LogP contribution in [0.5, 0.6) is 5.75 Å². The fourth-order valence-corrected chi connectivity index (χ4v) is 2.77. The molecule has 0 aliphatic carbocycles. The highest BCUT2D eigenvalue weighted by atomic mass is 35.5. The molecular weight excluding hydrogens is 272 g/mol. The predicted octanol–water partition coefficient (Wildman–Crippen LogP) is 3.46. The van der Waals surface area contributed by atoms with Gasteiger partial charge in [0, 0.05) is 18.7 Å². The molecular formula is C16H17ClN2O. The van der Waals surface area contributed by atoms with Gasteiger partial charge >= 0.3 is 0 Å². The molecule has 0 radical (unpaired) electrons. The summed E-state index contributed by atoms with van der Waals surface area (Å²) in [5, 5.41) is 3.81. The predicted molar refractivity (Wildman–Crippen MR) is 80.0 cm³/mol. The summed E-state index contributed by atoms with van der Waals surface area (Å²) in [6.45, 7) is 2.01. The molecule has 0 saturated carbocycles. The Bertz CT molecular complexity index is 555. The summed E-state index contributed by atoms with van der Waals surface area (Å²) < 4.78 is 6.18. The van der Waals surface area contributed by atoms with Crippen LogP contribution in [0.1, 0.15) is 18.1 Å². The van der Waals surface area contributed by atoms with Crippen molar-refractivity contribution in [2.24, 2.45) is 5.92 Å². The molecule has 1 aromatic heterocycles. The number of ether oxygens (including phenoxy) is 1. The van der Waals surface area contributed by atoms with Crippen LogP contribution in [0.2, 0.25) is 5.15 Å². The average molecular weight is 289 g/mol. The first-order chi connectivity index (χ1) is 9.84. The van der Waals surface area contributed by atoms with Crippen LogP contribution in [-0.4, -0.2) is 18.1 Å². The summed E-state index contributed by atoms with van der Waals surface area (Å²) in [6, 6.07) is 14.0. The Morgan fingerprint density at radius 3 is 2.75 bits per heavy atom. The number of pyridine rings is 1. The lowest BCUT2D eigenvalue weighted by atomic mass is 9.95. The molecule has 1 unspecified atom stereocenters. The maximum absolute atomic E-state index is 6.18. The molecule has 1 aliphatic rings. The molecule has 0 bridgehead atoms. The lowest BCUT2D eigenvalue weighted by Crippen LogP contribution is -2.21. The summed E-state index contributed by atoms with van der Waals surface area (Å²) >= 11 is 6.11. The van der Waals surface area contributed by atoms with E-state index in [0.29, 0.717) is 16.8 Å². The fraction of sp³-hybridized carbons (Fsp3) is 0.312. The lowest BCUT2D eigenvalue weighted by Gasteiger charge is -2.25. The van der Waals surface area contributed by atoms with E-state index in [9.17, 15) is 0 Å². The van der Waals surface area contributed by atoms with Crippen LogP contribution >= 0.6 is 11.6 Å². The highest BCUT2D eigenvalue weighted by Crippen LogP contribution is 2.34. The van der Waals surface area contributed by atoms with E-state index in [4.69, 9.17) is 16.3 Å². The zero-order valence-electron chi connectivity index (χ0n) is 11.1. The molecule has 0 spiro atoms. The fourth-order valence-electron chi connectivity index (χ4n) is 2.61. The normalized spacial score (nSPS) is 19.8. The SMILES string of the molecule is Clc1ncccc1OC(c1ccccc1)[C@@H]1CCNC1. The van der Waals surface area contributed by atoms with Crippen LogP contribution in [-0.2, 0) is 0 Å². The molecule has 1 aliphatic heterocycles. The van der Waals surface area contributed by atoms with Gasteiger partial charge in [-0.05, 0) is 30.7 Å². The van der Waals surface area contributed by atoms with Crippen LogP contribution in [0.25, 0.3) is 0 Å². The summed E-state index contributed by atoms with van der Waals surface area (Å²) in [4.78, 5) is 4.08. The van der Waals surface area contributed by atoms with E-state index >= 15 is 0 Å². The second kappa shape index (κ2) is 6.25. The Kier molecular flexibility index (Phi) is 4.19. The summed E-state index contributed by atoms with van der Waals surface area (Å²) in [5.41, 5.74) is 1.18. The summed E-state index contributed by atoms with van der Waals surface area (Å²) in [6.07, 6.45) is 2.79. The smallest absolute Gasteiger partial charge is 0.171 e. The zero-order valence-corrected chi connectivity index (χ0v) is 11.9. The second-order valence-corrected chi connectivity index (χ2v) is 5.35. The summed E-state index contributed by atoms with van der Waals surface area (Å²) in [7, 11) is 0. The van der Waals surface area contributed by atoms with Crippen molar-refractivity contribution in [2.75, 3.05) is 13.1 Å². The second-order valence-electron chi connectivity index (χ2n) is 4.99. The first kappa shape index (κ1) is 13.4. The highest BCUT2D eigenvalue weighted by Gasteiger charge is 2.28. The van der Waals surface area contributed by atoms with Crippen molar-refractivity contribution in [3.63, 3.8) is 0 Å². The van der Waals surface area contributed by atoms with Crippen LogP contribution in [0.15, 0.2) is 48.7 Å². The Morgan fingerprint density at radius 1 is 1.20 bits per heavy atom. The minimum absolute atomic E-state index is 0.00731. The van der Waals surface area contributed by atoms with Gasteiger partial charge in [0.2, 0.25) is 0 Å². The molecule has 0 amide bonds. The van der Waals surface area contributed by atoms with Crippen LogP contribution in [0.4, 0.5) is 0 Å². The molecule has 2 atom stereocenters. The summed E-state index contributed by atoms with van der Waals surface area (Å²) in [5.74, 6) is 1.10. The highest BCUT2D eigenvalue weighted by molar-refractivity contribution is 6.30. The molecule has 1 saturated heterocycles. The number of hydrogen-bond acceptors (Lipinski definition) is 3. The number of benzene rings is 1. The first-order valence-corrected chi connectivity index (χ1v) is 7.25. The Morgan fingerprint density at radius 2 is 2.05 bits per heavy atom. The number of aromatic nitrogens is 1. The van der Waals surface area contributed by atoms with E-state index in [1.54, 1.807) is 6.20 Å². The van der Waals surface area contributed by atoms with E-state index in [-0.39, 0.29) is 6.10 Å². The largest absolute Gasteiger partial charge is 0.482 e. The third-order valence-corrected chi connectivity index (χ3v) is 3.92. The molecule has 104 valence electrons. The average Bonchev–Trinajstić information content (AvgIpc) is 3.01. The standard InChI is InChI=1S/C16H17ClN2O/c17-16-14(7-4-9-19-16)20-15(13-8-10-18-11-13)12-5-2-1-3-6-12/h1-7,9,13,15,18H,8,10-11H2/t13-,15?/m1/s1. The van der Waals surface area contributed by atoms with Crippen LogP contribution < -0.4 is 10.1 Å². The third-order valence-electron chi connectivity index (χ3n) is 3.63. The first-order valence-electron chi connectivity index (χ1n) is 6.87. The van der Waals surface area contributed by atoms with E-state index in [2.05, 4.69) is 22.4 Å².